The first-order chi connectivity index (χ1) is 14.8. The average molecular weight is 452 g/mol. The fourth-order valence-electron chi connectivity index (χ4n) is 4.16. The number of nitrogens with one attached hydrogen (secondary N) is 2. The lowest BCUT2D eigenvalue weighted by Gasteiger charge is -2.40. The number of rotatable bonds is 9. The van der Waals surface area contributed by atoms with Gasteiger partial charge in [0.25, 0.3) is 5.91 Å². The van der Waals surface area contributed by atoms with Gasteiger partial charge in [0.05, 0.1) is 7.11 Å². The standard InChI is InChI=1S/C22H33N3O5S/c1-4-25(5-2)21(27)22(13-7-6-8-14-22)23-20(26)16-9-12-18(30-3)19(15-16)31(28,29)24-17-10-11-17/h9,12,15,17,24H,4-8,10-11,13-14H2,1-3H3,(H,23,26). The van der Waals surface area contributed by atoms with Gasteiger partial charge >= 0.3 is 0 Å². The summed E-state index contributed by atoms with van der Waals surface area (Å²) < 4.78 is 33.4. The van der Waals surface area contributed by atoms with Crippen molar-refractivity contribution in [3.8, 4) is 5.75 Å². The van der Waals surface area contributed by atoms with Gasteiger partial charge in [-0.3, -0.25) is 9.59 Å². The van der Waals surface area contributed by atoms with Crippen molar-refractivity contribution in [1.82, 2.24) is 14.9 Å². The van der Waals surface area contributed by atoms with Gasteiger partial charge in [0.1, 0.15) is 16.2 Å². The minimum atomic E-state index is -3.81. The number of ether oxygens (including phenoxy) is 1. The van der Waals surface area contributed by atoms with Crippen LogP contribution in [-0.2, 0) is 14.8 Å². The number of carbonyl (C=O) groups is 2. The van der Waals surface area contributed by atoms with Gasteiger partial charge in [0, 0.05) is 24.7 Å². The van der Waals surface area contributed by atoms with E-state index in [9.17, 15) is 18.0 Å². The van der Waals surface area contributed by atoms with Crippen LogP contribution < -0.4 is 14.8 Å². The number of hydrogen-bond acceptors (Lipinski definition) is 5. The van der Waals surface area contributed by atoms with Crippen LogP contribution in [-0.4, -0.2) is 56.9 Å². The zero-order chi connectivity index (χ0) is 22.6. The summed E-state index contributed by atoms with van der Waals surface area (Å²) in [5.41, 5.74) is -0.763. The summed E-state index contributed by atoms with van der Waals surface area (Å²) >= 11 is 0. The maximum absolute atomic E-state index is 13.3. The Labute approximate surface area is 184 Å². The third kappa shape index (κ3) is 5.20. The van der Waals surface area contributed by atoms with E-state index in [0.717, 1.165) is 32.1 Å². The van der Waals surface area contributed by atoms with Crippen LogP contribution in [0.1, 0.15) is 69.2 Å². The van der Waals surface area contributed by atoms with Crippen LogP contribution in [0.2, 0.25) is 0 Å². The Balaban J connectivity index is 1.90. The molecule has 8 nitrogen and oxygen atoms in total. The molecule has 9 heteroatoms. The van der Waals surface area contributed by atoms with Gasteiger partial charge in [-0.15, -0.1) is 0 Å². The number of benzene rings is 1. The molecule has 31 heavy (non-hydrogen) atoms. The fourth-order valence-corrected chi connectivity index (χ4v) is 5.66. The third-order valence-corrected chi connectivity index (χ3v) is 7.68. The Hall–Kier alpha value is -2.13. The van der Waals surface area contributed by atoms with Crippen LogP contribution in [0.5, 0.6) is 5.75 Å². The first-order valence-electron chi connectivity index (χ1n) is 11.1. The average Bonchev–Trinajstić information content (AvgIpc) is 3.58. The highest BCUT2D eigenvalue weighted by molar-refractivity contribution is 7.89. The lowest BCUT2D eigenvalue weighted by molar-refractivity contribution is -0.139. The van der Waals surface area contributed by atoms with Gasteiger partial charge in [-0.25, -0.2) is 13.1 Å². The maximum atomic E-state index is 13.3. The summed E-state index contributed by atoms with van der Waals surface area (Å²) in [6.45, 7) is 5.00. The van der Waals surface area contributed by atoms with E-state index in [0.29, 0.717) is 25.9 Å². The Bertz CT molecular complexity index is 917. The molecule has 2 fully saturated rings. The minimum absolute atomic E-state index is 0.0654. The summed E-state index contributed by atoms with van der Waals surface area (Å²) in [5, 5.41) is 2.98. The van der Waals surface area contributed by atoms with E-state index in [4.69, 9.17) is 4.74 Å². The van der Waals surface area contributed by atoms with Gasteiger partial charge < -0.3 is 15.0 Å². The molecule has 0 heterocycles. The second-order valence-corrected chi connectivity index (χ2v) is 10.0. The van der Waals surface area contributed by atoms with E-state index in [2.05, 4.69) is 10.0 Å². The van der Waals surface area contributed by atoms with Gasteiger partial charge in [0.2, 0.25) is 15.9 Å². The summed E-state index contributed by atoms with van der Waals surface area (Å²) in [7, 11) is -2.42. The molecule has 1 aromatic rings. The molecule has 0 radical (unpaired) electrons. The molecule has 0 saturated heterocycles. The Kier molecular flexibility index (Phi) is 7.26. The molecule has 0 spiro atoms. The molecule has 1 aromatic carbocycles. The molecule has 172 valence electrons. The molecule has 0 aromatic heterocycles. The van der Waals surface area contributed by atoms with E-state index in [1.54, 1.807) is 4.90 Å². The molecular formula is C22H33N3O5S. The van der Waals surface area contributed by atoms with Crippen LogP contribution in [0.3, 0.4) is 0 Å². The number of methoxy groups -OCH3 is 1. The quantitative estimate of drug-likeness (QED) is 0.600. The summed E-state index contributed by atoms with van der Waals surface area (Å²) in [4.78, 5) is 28.2. The van der Waals surface area contributed by atoms with Crippen LogP contribution in [0.15, 0.2) is 23.1 Å². The summed E-state index contributed by atoms with van der Waals surface area (Å²) in [5.74, 6) is -0.341. The lowest BCUT2D eigenvalue weighted by atomic mass is 9.80. The monoisotopic (exact) mass is 451 g/mol. The molecule has 0 bridgehead atoms. The van der Waals surface area contributed by atoms with Crippen molar-refractivity contribution in [2.24, 2.45) is 0 Å². The van der Waals surface area contributed by atoms with Crippen molar-refractivity contribution < 1.29 is 22.7 Å². The molecule has 2 amide bonds. The van der Waals surface area contributed by atoms with Crippen LogP contribution in [0.25, 0.3) is 0 Å². The predicted molar refractivity (Wildman–Crippen MR) is 118 cm³/mol. The highest BCUT2D eigenvalue weighted by atomic mass is 32.2. The topological polar surface area (TPSA) is 105 Å². The smallest absolute Gasteiger partial charge is 0.252 e. The fraction of sp³-hybridized carbons (Fsp3) is 0.636. The zero-order valence-corrected chi connectivity index (χ0v) is 19.4. The molecule has 0 atom stereocenters. The third-order valence-electron chi connectivity index (χ3n) is 6.13. The molecule has 2 N–H and O–H groups in total. The Morgan fingerprint density at radius 1 is 1.13 bits per heavy atom. The number of carbonyl (C=O) groups excluding carboxylic acids is 2. The second kappa shape index (κ2) is 9.56. The van der Waals surface area contributed by atoms with E-state index in [1.165, 1.54) is 25.3 Å². The number of nitrogens with zero attached hydrogens (tertiary/aromatic N) is 1. The minimum Gasteiger partial charge on any atom is -0.495 e. The normalized spacial score (nSPS) is 18.3. The van der Waals surface area contributed by atoms with Crippen molar-refractivity contribution in [1.29, 1.82) is 0 Å². The highest BCUT2D eigenvalue weighted by Crippen LogP contribution is 2.32. The Morgan fingerprint density at radius 2 is 1.77 bits per heavy atom. The van der Waals surface area contributed by atoms with E-state index in [1.807, 2.05) is 13.8 Å². The SMILES string of the molecule is CCN(CC)C(=O)C1(NC(=O)c2ccc(OC)c(S(=O)(=O)NC3CC3)c2)CCCCC1. The van der Waals surface area contributed by atoms with E-state index in [-0.39, 0.29) is 28.2 Å². The molecular weight excluding hydrogens is 418 g/mol. The lowest BCUT2D eigenvalue weighted by Crippen LogP contribution is -2.60. The highest BCUT2D eigenvalue weighted by Gasteiger charge is 2.43. The van der Waals surface area contributed by atoms with Gasteiger partial charge in [-0.2, -0.15) is 0 Å². The first kappa shape index (κ1) is 23.5. The molecule has 2 saturated carbocycles. The van der Waals surface area contributed by atoms with E-state index >= 15 is 0 Å². The second-order valence-electron chi connectivity index (χ2n) is 8.34. The summed E-state index contributed by atoms with van der Waals surface area (Å²) in [6.07, 6.45) is 5.52. The van der Waals surface area contributed by atoms with Crippen molar-refractivity contribution in [2.45, 2.75) is 75.3 Å². The molecule has 0 unspecified atom stereocenters. The van der Waals surface area contributed by atoms with Crippen molar-refractivity contribution in [3.05, 3.63) is 23.8 Å². The first-order valence-corrected chi connectivity index (χ1v) is 12.6. The molecule has 3 rings (SSSR count). The molecule has 0 aliphatic heterocycles. The van der Waals surface area contributed by atoms with Crippen molar-refractivity contribution in [3.63, 3.8) is 0 Å². The Morgan fingerprint density at radius 3 is 2.32 bits per heavy atom. The maximum Gasteiger partial charge on any atom is 0.252 e. The number of likely N-dealkylation sites (N-methyl/N-ethyl adjacent to an activating group) is 1. The number of hydrogen-bond donors (Lipinski definition) is 2. The van der Waals surface area contributed by atoms with Crippen LogP contribution in [0, 0.1) is 0 Å². The molecule has 2 aliphatic rings. The largest absolute Gasteiger partial charge is 0.495 e. The van der Waals surface area contributed by atoms with Crippen molar-refractivity contribution in [2.75, 3.05) is 20.2 Å². The number of amides is 2. The number of sulfonamides is 1. The van der Waals surface area contributed by atoms with Crippen molar-refractivity contribution >= 4 is 21.8 Å². The predicted octanol–water partition coefficient (Wildman–Crippen LogP) is 2.44. The molecule has 2 aliphatic carbocycles. The zero-order valence-electron chi connectivity index (χ0n) is 18.6. The van der Waals surface area contributed by atoms with Gasteiger partial charge in [0.15, 0.2) is 0 Å². The van der Waals surface area contributed by atoms with Crippen LogP contribution >= 0.6 is 0 Å². The van der Waals surface area contributed by atoms with E-state index < -0.39 is 21.5 Å². The summed E-state index contributed by atoms with van der Waals surface area (Å²) in [6, 6.07) is 4.28. The van der Waals surface area contributed by atoms with Crippen LogP contribution in [0.4, 0.5) is 0 Å². The van der Waals surface area contributed by atoms with Gasteiger partial charge in [-0.1, -0.05) is 19.3 Å². The van der Waals surface area contributed by atoms with Gasteiger partial charge in [-0.05, 0) is 57.7 Å².